The van der Waals surface area contributed by atoms with Crippen molar-refractivity contribution in [3.8, 4) is 11.5 Å². The number of alkyl halides is 3. The van der Waals surface area contributed by atoms with Crippen molar-refractivity contribution in [2.24, 2.45) is 0 Å². The highest BCUT2D eigenvalue weighted by atomic mass is 35.5. The third kappa shape index (κ3) is 3.13. The van der Waals surface area contributed by atoms with Crippen LogP contribution in [0.4, 0.5) is 24.5 Å². The third-order valence-corrected chi connectivity index (χ3v) is 4.39. The van der Waals surface area contributed by atoms with Crippen molar-refractivity contribution >= 4 is 28.9 Å². The zero-order valence-electron chi connectivity index (χ0n) is 13.6. The zero-order chi connectivity index (χ0) is 19.2. The van der Waals surface area contributed by atoms with E-state index in [0.717, 1.165) is 24.3 Å². The van der Waals surface area contributed by atoms with Gasteiger partial charge in [0.2, 0.25) is 0 Å². The maximum Gasteiger partial charge on any atom is 0.416 e. The van der Waals surface area contributed by atoms with E-state index in [2.05, 4.69) is 0 Å². The van der Waals surface area contributed by atoms with Crippen LogP contribution in [0.2, 0.25) is 5.02 Å². The summed E-state index contributed by atoms with van der Waals surface area (Å²) in [5.41, 5.74) is 0.207. The van der Waals surface area contributed by atoms with Crippen LogP contribution >= 0.6 is 11.6 Å². The number of hydrogen-bond acceptors (Lipinski definition) is 2. The van der Waals surface area contributed by atoms with Crippen LogP contribution < -0.4 is 9.64 Å². The van der Waals surface area contributed by atoms with Gasteiger partial charge in [-0.25, -0.2) is 0 Å². The minimum Gasteiger partial charge on any atom is -0.453 e. The fraction of sp³-hybridized carbons (Fsp3) is 0.0500. The van der Waals surface area contributed by atoms with Crippen molar-refractivity contribution in [1.29, 1.82) is 0 Å². The Morgan fingerprint density at radius 2 is 1.56 bits per heavy atom. The van der Waals surface area contributed by atoms with Gasteiger partial charge >= 0.3 is 6.18 Å². The van der Waals surface area contributed by atoms with Crippen molar-refractivity contribution < 1.29 is 22.7 Å². The molecule has 0 fully saturated rings. The summed E-state index contributed by atoms with van der Waals surface area (Å²) in [5.74, 6) is 0.411. The van der Waals surface area contributed by atoms with Crippen LogP contribution in [-0.4, -0.2) is 5.91 Å². The fourth-order valence-corrected chi connectivity index (χ4v) is 3.04. The average Bonchev–Trinajstić information content (AvgIpc) is 2.65. The van der Waals surface area contributed by atoms with Gasteiger partial charge in [0.05, 0.1) is 16.9 Å². The number of carbonyl (C=O) groups excluding carboxylic acids is 1. The number of nitrogens with zero attached hydrogens (tertiary/aromatic N) is 1. The number of amides is 1. The van der Waals surface area contributed by atoms with E-state index in [1.54, 1.807) is 42.5 Å². The fourth-order valence-electron chi connectivity index (χ4n) is 2.88. The highest BCUT2D eigenvalue weighted by Crippen LogP contribution is 2.47. The third-order valence-electron chi connectivity index (χ3n) is 4.15. The molecule has 3 nitrogen and oxygen atoms in total. The molecule has 0 aliphatic carbocycles. The van der Waals surface area contributed by atoms with Crippen LogP contribution in [0.5, 0.6) is 11.5 Å². The largest absolute Gasteiger partial charge is 0.453 e. The lowest BCUT2D eigenvalue weighted by Gasteiger charge is -2.31. The number of ether oxygens (including phenoxy) is 1. The van der Waals surface area contributed by atoms with E-state index in [9.17, 15) is 18.0 Å². The average molecular weight is 390 g/mol. The number of benzene rings is 3. The van der Waals surface area contributed by atoms with Crippen LogP contribution in [0.25, 0.3) is 0 Å². The first-order chi connectivity index (χ1) is 12.8. The first-order valence-electron chi connectivity index (χ1n) is 7.93. The Morgan fingerprint density at radius 3 is 2.26 bits per heavy atom. The Labute approximate surface area is 157 Å². The number of fused-ring (bicyclic) bond motifs is 2. The lowest BCUT2D eigenvalue weighted by molar-refractivity contribution is -0.137. The second-order valence-corrected chi connectivity index (χ2v) is 6.33. The highest BCUT2D eigenvalue weighted by Gasteiger charge is 2.32. The van der Waals surface area contributed by atoms with Gasteiger partial charge < -0.3 is 4.74 Å². The van der Waals surface area contributed by atoms with Crippen molar-refractivity contribution in [3.05, 3.63) is 82.9 Å². The zero-order valence-corrected chi connectivity index (χ0v) is 14.4. The van der Waals surface area contributed by atoms with E-state index in [1.807, 2.05) is 0 Å². The van der Waals surface area contributed by atoms with Gasteiger partial charge in [0, 0.05) is 10.6 Å². The number of carbonyl (C=O) groups is 1. The van der Waals surface area contributed by atoms with Gasteiger partial charge in [0.1, 0.15) is 0 Å². The van der Waals surface area contributed by atoms with Gasteiger partial charge in [-0.15, -0.1) is 0 Å². The molecule has 3 aromatic carbocycles. The Morgan fingerprint density at radius 1 is 0.889 bits per heavy atom. The number of rotatable bonds is 1. The van der Waals surface area contributed by atoms with Crippen molar-refractivity contribution in [3.63, 3.8) is 0 Å². The summed E-state index contributed by atoms with van der Waals surface area (Å²) in [6, 6.07) is 15.9. The van der Waals surface area contributed by atoms with Crippen molar-refractivity contribution in [2.75, 3.05) is 4.90 Å². The van der Waals surface area contributed by atoms with Crippen LogP contribution in [0.1, 0.15) is 15.9 Å². The molecule has 136 valence electrons. The molecular formula is C20H11ClF3NO2. The minimum absolute atomic E-state index is 0.116. The number of para-hydroxylation sites is 2. The molecule has 1 amide bonds. The SMILES string of the molecule is O=C(c1ccc(C(F)(F)F)cc1)N1c2ccccc2Oc2ccc(Cl)cc21. The maximum atomic E-state index is 13.1. The first-order valence-corrected chi connectivity index (χ1v) is 8.30. The molecular weight excluding hydrogens is 379 g/mol. The summed E-state index contributed by atoms with van der Waals surface area (Å²) >= 11 is 6.07. The molecule has 1 aliphatic rings. The second-order valence-electron chi connectivity index (χ2n) is 5.90. The molecule has 1 aliphatic heterocycles. The molecule has 0 aromatic heterocycles. The van der Waals surface area contributed by atoms with Gasteiger partial charge in [-0.3, -0.25) is 9.69 Å². The summed E-state index contributed by atoms with van der Waals surface area (Å²) in [5, 5.41) is 0.405. The normalized spacial score (nSPS) is 12.8. The predicted molar refractivity (Wildman–Crippen MR) is 95.9 cm³/mol. The molecule has 0 bridgehead atoms. The Balaban J connectivity index is 1.81. The van der Waals surface area contributed by atoms with E-state index < -0.39 is 17.6 Å². The van der Waals surface area contributed by atoms with Crippen LogP contribution in [-0.2, 0) is 6.18 Å². The smallest absolute Gasteiger partial charge is 0.416 e. The summed E-state index contributed by atoms with van der Waals surface area (Å²) in [6.45, 7) is 0. The second kappa shape index (κ2) is 6.32. The van der Waals surface area contributed by atoms with Crippen LogP contribution in [0, 0.1) is 0 Å². The lowest BCUT2D eigenvalue weighted by Crippen LogP contribution is -2.28. The summed E-state index contributed by atoms with van der Waals surface area (Å²) in [6.07, 6.45) is -4.47. The van der Waals surface area contributed by atoms with E-state index >= 15 is 0 Å². The molecule has 0 saturated heterocycles. The predicted octanol–water partition coefficient (Wildman–Crippen LogP) is 6.44. The molecule has 0 spiro atoms. The van der Waals surface area contributed by atoms with E-state index in [-0.39, 0.29) is 5.56 Å². The number of anilines is 2. The molecule has 27 heavy (non-hydrogen) atoms. The lowest BCUT2D eigenvalue weighted by atomic mass is 10.1. The summed E-state index contributed by atoms with van der Waals surface area (Å²) < 4.78 is 44.2. The van der Waals surface area contributed by atoms with Gasteiger partial charge in [0.15, 0.2) is 11.5 Å². The quantitative estimate of drug-likeness (QED) is 0.479. The van der Waals surface area contributed by atoms with Crippen molar-refractivity contribution in [2.45, 2.75) is 6.18 Å². The summed E-state index contributed by atoms with van der Waals surface area (Å²) in [4.78, 5) is 14.5. The molecule has 3 aromatic rings. The van der Waals surface area contributed by atoms with Gasteiger partial charge in [-0.05, 0) is 54.6 Å². The van der Waals surface area contributed by atoms with Gasteiger partial charge in [-0.1, -0.05) is 23.7 Å². The highest BCUT2D eigenvalue weighted by molar-refractivity contribution is 6.31. The van der Waals surface area contributed by atoms with Crippen molar-refractivity contribution in [1.82, 2.24) is 0 Å². The van der Waals surface area contributed by atoms with Crippen LogP contribution in [0.15, 0.2) is 66.7 Å². The van der Waals surface area contributed by atoms with E-state index in [4.69, 9.17) is 16.3 Å². The minimum atomic E-state index is -4.47. The van der Waals surface area contributed by atoms with E-state index in [0.29, 0.717) is 27.9 Å². The number of halogens is 4. The molecule has 0 atom stereocenters. The van der Waals surface area contributed by atoms with Gasteiger partial charge in [0.25, 0.3) is 5.91 Å². The maximum absolute atomic E-state index is 13.1. The molecule has 0 unspecified atom stereocenters. The molecule has 4 rings (SSSR count). The van der Waals surface area contributed by atoms with Crippen LogP contribution in [0.3, 0.4) is 0 Å². The molecule has 1 heterocycles. The molecule has 0 N–H and O–H groups in total. The summed E-state index contributed by atoms with van der Waals surface area (Å²) in [7, 11) is 0. The molecule has 7 heteroatoms. The molecule has 0 saturated carbocycles. The topological polar surface area (TPSA) is 29.5 Å². The monoisotopic (exact) mass is 389 g/mol. The standard InChI is InChI=1S/C20H11ClF3NO2/c21-14-9-10-18-16(11-14)25(15-3-1-2-4-17(15)27-18)19(26)12-5-7-13(8-6-12)20(22,23)24/h1-11H. The number of hydrogen-bond donors (Lipinski definition) is 0. The molecule has 0 radical (unpaired) electrons. The van der Waals surface area contributed by atoms with Gasteiger partial charge in [-0.2, -0.15) is 13.2 Å². The Kier molecular flexibility index (Phi) is 4.08. The first kappa shape index (κ1) is 17.4. The Hall–Kier alpha value is -2.99. The van der Waals surface area contributed by atoms with E-state index in [1.165, 1.54) is 4.90 Å². The Bertz CT molecular complexity index is 1030.